The Kier molecular flexibility index (Phi) is 3.42. The molecule has 1 aromatic rings. The SMILES string of the molecule is CCCc1ccc(NC)c(Cl)c1. The normalized spacial score (nSPS) is 9.92. The van der Waals surface area contributed by atoms with Gasteiger partial charge in [0.1, 0.15) is 0 Å². The topological polar surface area (TPSA) is 12.0 Å². The minimum atomic E-state index is 0.809. The first kappa shape index (κ1) is 9.40. The van der Waals surface area contributed by atoms with Crippen molar-refractivity contribution in [2.24, 2.45) is 0 Å². The molecule has 0 saturated carbocycles. The molecule has 1 nitrogen and oxygen atoms in total. The lowest BCUT2D eigenvalue weighted by molar-refractivity contribution is 0.922. The fourth-order valence-corrected chi connectivity index (χ4v) is 1.50. The van der Waals surface area contributed by atoms with Crippen LogP contribution in [0, 0.1) is 0 Å². The molecule has 0 saturated heterocycles. The Morgan fingerprint density at radius 2 is 2.17 bits per heavy atom. The van der Waals surface area contributed by atoms with E-state index in [9.17, 15) is 0 Å². The molecule has 0 aliphatic rings. The van der Waals surface area contributed by atoms with Crippen molar-refractivity contribution in [3.63, 3.8) is 0 Å². The Morgan fingerprint density at radius 3 is 2.67 bits per heavy atom. The molecule has 0 aliphatic heterocycles. The van der Waals surface area contributed by atoms with Crippen molar-refractivity contribution in [2.75, 3.05) is 12.4 Å². The summed E-state index contributed by atoms with van der Waals surface area (Å²) in [7, 11) is 1.88. The minimum absolute atomic E-state index is 0.809. The second-order valence-corrected chi connectivity index (χ2v) is 3.22. The molecule has 0 aliphatic carbocycles. The van der Waals surface area contributed by atoms with Crippen LogP contribution in [0.1, 0.15) is 18.9 Å². The molecule has 0 radical (unpaired) electrons. The average Bonchev–Trinajstić information content (AvgIpc) is 2.05. The molecule has 0 spiro atoms. The van der Waals surface area contributed by atoms with E-state index in [2.05, 4.69) is 18.3 Å². The van der Waals surface area contributed by atoms with Crippen molar-refractivity contribution in [3.05, 3.63) is 28.8 Å². The van der Waals surface area contributed by atoms with Crippen LogP contribution in [-0.2, 0) is 6.42 Å². The number of hydrogen-bond donors (Lipinski definition) is 1. The van der Waals surface area contributed by atoms with E-state index < -0.39 is 0 Å². The van der Waals surface area contributed by atoms with E-state index >= 15 is 0 Å². The lowest BCUT2D eigenvalue weighted by Crippen LogP contribution is -1.90. The molecule has 1 aromatic carbocycles. The first-order chi connectivity index (χ1) is 5.77. The van der Waals surface area contributed by atoms with Gasteiger partial charge >= 0.3 is 0 Å². The van der Waals surface area contributed by atoms with Crippen LogP contribution in [0.25, 0.3) is 0 Å². The van der Waals surface area contributed by atoms with Gasteiger partial charge in [0.2, 0.25) is 0 Å². The third kappa shape index (κ3) is 2.15. The molecule has 0 unspecified atom stereocenters. The quantitative estimate of drug-likeness (QED) is 0.758. The summed E-state index contributed by atoms with van der Waals surface area (Å²) in [6.45, 7) is 2.17. The largest absolute Gasteiger partial charge is 0.387 e. The highest BCUT2D eigenvalue weighted by atomic mass is 35.5. The maximum atomic E-state index is 6.00. The van der Waals surface area contributed by atoms with Crippen molar-refractivity contribution in [1.29, 1.82) is 0 Å². The molecule has 66 valence electrons. The number of aryl methyl sites for hydroxylation is 1. The predicted molar refractivity (Wildman–Crippen MR) is 55.0 cm³/mol. The maximum absolute atomic E-state index is 6.00. The molecule has 2 heteroatoms. The average molecular weight is 184 g/mol. The van der Waals surface area contributed by atoms with Crippen molar-refractivity contribution in [3.8, 4) is 0 Å². The molecule has 0 aromatic heterocycles. The van der Waals surface area contributed by atoms with Gasteiger partial charge in [-0.2, -0.15) is 0 Å². The van der Waals surface area contributed by atoms with Gasteiger partial charge in [0.25, 0.3) is 0 Å². The van der Waals surface area contributed by atoms with E-state index in [4.69, 9.17) is 11.6 Å². The number of halogens is 1. The zero-order chi connectivity index (χ0) is 8.97. The number of nitrogens with one attached hydrogen (secondary N) is 1. The van der Waals surface area contributed by atoms with Gasteiger partial charge in [0.05, 0.1) is 10.7 Å². The Labute approximate surface area is 78.7 Å². The molecule has 0 atom stereocenters. The summed E-state index contributed by atoms with van der Waals surface area (Å²) in [4.78, 5) is 0. The molecule has 0 bridgehead atoms. The highest BCUT2D eigenvalue weighted by Crippen LogP contribution is 2.22. The smallest absolute Gasteiger partial charge is 0.0640 e. The minimum Gasteiger partial charge on any atom is -0.387 e. The van der Waals surface area contributed by atoms with Crippen molar-refractivity contribution in [2.45, 2.75) is 19.8 Å². The highest BCUT2D eigenvalue weighted by Gasteiger charge is 1.98. The van der Waals surface area contributed by atoms with Crippen molar-refractivity contribution < 1.29 is 0 Å². The van der Waals surface area contributed by atoms with Crippen molar-refractivity contribution >= 4 is 17.3 Å². The molecule has 0 amide bonds. The van der Waals surface area contributed by atoms with Crippen molar-refractivity contribution in [1.82, 2.24) is 0 Å². The summed E-state index contributed by atoms with van der Waals surface area (Å²) in [5, 5.41) is 3.84. The fourth-order valence-electron chi connectivity index (χ4n) is 1.21. The fraction of sp³-hybridized carbons (Fsp3) is 0.400. The van der Waals surface area contributed by atoms with Crippen LogP contribution in [0.3, 0.4) is 0 Å². The maximum Gasteiger partial charge on any atom is 0.0640 e. The van der Waals surface area contributed by atoms with Crippen LogP contribution in [0.2, 0.25) is 5.02 Å². The second kappa shape index (κ2) is 4.36. The Bertz CT molecular complexity index is 258. The zero-order valence-electron chi connectivity index (χ0n) is 7.52. The van der Waals surface area contributed by atoms with Crippen LogP contribution in [0.4, 0.5) is 5.69 Å². The summed E-state index contributed by atoms with van der Waals surface area (Å²) in [5.41, 5.74) is 2.30. The van der Waals surface area contributed by atoms with Gasteiger partial charge in [-0.1, -0.05) is 31.0 Å². The number of anilines is 1. The van der Waals surface area contributed by atoms with Crippen LogP contribution in [-0.4, -0.2) is 7.05 Å². The molecule has 12 heavy (non-hydrogen) atoms. The summed E-state index contributed by atoms with van der Waals surface area (Å²) < 4.78 is 0. The van der Waals surface area contributed by atoms with Crippen LogP contribution < -0.4 is 5.32 Å². The Hall–Kier alpha value is -0.690. The standard InChI is InChI=1S/C10H14ClN/c1-3-4-8-5-6-10(12-2)9(11)7-8/h5-7,12H,3-4H2,1-2H3. The van der Waals surface area contributed by atoms with Gasteiger partial charge in [-0.15, -0.1) is 0 Å². The lowest BCUT2D eigenvalue weighted by Gasteiger charge is -2.05. The molecule has 1 rings (SSSR count). The number of rotatable bonds is 3. The Morgan fingerprint density at radius 1 is 1.42 bits per heavy atom. The van der Waals surface area contributed by atoms with E-state index in [0.29, 0.717) is 0 Å². The van der Waals surface area contributed by atoms with E-state index in [1.165, 1.54) is 5.56 Å². The molecule has 1 N–H and O–H groups in total. The summed E-state index contributed by atoms with van der Waals surface area (Å²) in [6, 6.07) is 6.16. The number of benzene rings is 1. The zero-order valence-corrected chi connectivity index (χ0v) is 8.28. The molecular weight excluding hydrogens is 170 g/mol. The third-order valence-electron chi connectivity index (χ3n) is 1.84. The Balaban J connectivity index is 2.86. The second-order valence-electron chi connectivity index (χ2n) is 2.81. The van der Waals surface area contributed by atoms with E-state index in [1.807, 2.05) is 19.2 Å². The first-order valence-corrected chi connectivity index (χ1v) is 4.62. The molecular formula is C10H14ClN. The lowest BCUT2D eigenvalue weighted by atomic mass is 10.1. The van der Waals surface area contributed by atoms with Gasteiger partial charge in [-0.25, -0.2) is 0 Å². The van der Waals surface area contributed by atoms with Gasteiger partial charge in [-0.05, 0) is 24.1 Å². The van der Waals surface area contributed by atoms with E-state index in [0.717, 1.165) is 23.6 Å². The number of hydrogen-bond acceptors (Lipinski definition) is 1. The van der Waals surface area contributed by atoms with Gasteiger partial charge in [0, 0.05) is 7.05 Å². The van der Waals surface area contributed by atoms with Crippen LogP contribution >= 0.6 is 11.6 Å². The monoisotopic (exact) mass is 183 g/mol. The van der Waals surface area contributed by atoms with E-state index in [-0.39, 0.29) is 0 Å². The molecule has 0 heterocycles. The summed E-state index contributed by atoms with van der Waals surface area (Å²) >= 11 is 6.00. The van der Waals surface area contributed by atoms with Crippen LogP contribution in [0.5, 0.6) is 0 Å². The van der Waals surface area contributed by atoms with E-state index in [1.54, 1.807) is 0 Å². The molecule has 0 fully saturated rings. The van der Waals surface area contributed by atoms with Gasteiger partial charge < -0.3 is 5.32 Å². The first-order valence-electron chi connectivity index (χ1n) is 4.24. The predicted octanol–water partition coefficient (Wildman–Crippen LogP) is 3.33. The van der Waals surface area contributed by atoms with Crippen LogP contribution in [0.15, 0.2) is 18.2 Å². The summed E-state index contributed by atoms with van der Waals surface area (Å²) in [5.74, 6) is 0. The van der Waals surface area contributed by atoms with Gasteiger partial charge in [0.15, 0.2) is 0 Å². The highest BCUT2D eigenvalue weighted by molar-refractivity contribution is 6.33. The van der Waals surface area contributed by atoms with Gasteiger partial charge in [-0.3, -0.25) is 0 Å². The summed E-state index contributed by atoms with van der Waals surface area (Å²) in [6.07, 6.45) is 2.26. The third-order valence-corrected chi connectivity index (χ3v) is 2.15.